The van der Waals surface area contributed by atoms with Gasteiger partial charge in [-0.25, -0.2) is 4.79 Å². The van der Waals surface area contributed by atoms with Crippen LogP contribution in [0, 0.1) is 0 Å². The van der Waals surface area contributed by atoms with Crippen LogP contribution in [0.1, 0.15) is 0 Å². The fourth-order valence-electron chi connectivity index (χ4n) is 0.671. The van der Waals surface area contributed by atoms with Crippen molar-refractivity contribution in [3.8, 4) is 0 Å². The van der Waals surface area contributed by atoms with E-state index in [0.29, 0.717) is 0 Å². The zero-order chi connectivity index (χ0) is 13.3. The second-order valence-electron chi connectivity index (χ2n) is 2.88. The summed E-state index contributed by atoms with van der Waals surface area (Å²) in [5, 5.41) is 52.2. The van der Waals surface area contributed by atoms with Crippen molar-refractivity contribution >= 4 is 6.03 Å². The van der Waals surface area contributed by atoms with E-state index in [2.05, 4.69) is 11.5 Å². The number of rotatable bonds is 5. The molecule has 0 aromatic rings. The Morgan fingerprint density at radius 2 is 1.06 bits per heavy atom. The number of carbonyl (C=O) groups is 1. The van der Waals surface area contributed by atoms with Crippen LogP contribution in [-0.2, 0) is 0 Å². The smallest absolute Gasteiger partial charge is 0.309 e. The van der Waals surface area contributed by atoms with E-state index in [4.69, 9.17) is 35.4 Å². The molecule has 0 aromatic heterocycles. The average molecular weight is 242 g/mol. The first kappa shape index (κ1) is 17.4. The van der Waals surface area contributed by atoms with Gasteiger partial charge in [0.1, 0.15) is 24.4 Å². The lowest BCUT2D eigenvalue weighted by molar-refractivity contribution is -0.123. The van der Waals surface area contributed by atoms with Crippen LogP contribution in [0.15, 0.2) is 0 Å². The molecule has 0 aliphatic carbocycles. The highest BCUT2D eigenvalue weighted by Gasteiger charge is 2.29. The first-order chi connectivity index (χ1) is 7.27. The Balaban J connectivity index is 0. The molecule has 0 heterocycles. The molecule has 0 saturated carbocycles. The predicted octanol–water partition coefficient (Wildman–Crippen LogP) is -4.56. The molecule has 98 valence electrons. The number of hydrogen-bond acceptors (Lipinski definition) is 7. The molecule has 0 radical (unpaired) electrons. The van der Waals surface area contributed by atoms with Crippen molar-refractivity contribution in [2.45, 2.75) is 24.4 Å². The zero-order valence-electron chi connectivity index (χ0n) is 8.47. The van der Waals surface area contributed by atoms with Crippen molar-refractivity contribution < 1.29 is 35.4 Å². The highest BCUT2D eigenvalue weighted by molar-refractivity contribution is 5.69. The molecule has 0 aliphatic heterocycles. The van der Waals surface area contributed by atoms with E-state index < -0.39 is 43.7 Å². The summed E-state index contributed by atoms with van der Waals surface area (Å²) in [7, 11) is 0. The molecular formula is C7H18N2O7. The minimum atomic E-state index is -1.67. The van der Waals surface area contributed by atoms with Gasteiger partial charge in [0.15, 0.2) is 0 Å². The molecule has 0 aliphatic rings. The van der Waals surface area contributed by atoms with Gasteiger partial charge in [0.05, 0.1) is 13.2 Å². The minimum absolute atomic E-state index is 0.726. The third kappa shape index (κ3) is 8.35. The number of aliphatic hydroxyl groups is 6. The van der Waals surface area contributed by atoms with E-state index in [9.17, 15) is 0 Å². The maximum absolute atomic E-state index is 9.00. The lowest BCUT2D eigenvalue weighted by Gasteiger charge is -2.24. The van der Waals surface area contributed by atoms with Crippen molar-refractivity contribution in [3.05, 3.63) is 0 Å². The molecule has 2 amide bonds. The number of primary amides is 2. The fraction of sp³-hybridized carbons (Fsp3) is 0.857. The zero-order valence-corrected chi connectivity index (χ0v) is 8.47. The summed E-state index contributed by atoms with van der Waals surface area (Å²) in [6.45, 7) is -1.45. The maximum atomic E-state index is 9.00. The fourth-order valence-corrected chi connectivity index (χ4v) is 0.671. The highest BCUT2D eigenvalue weighted by atomic mass is 16.4. The molecule has 9 nitrogen and oxygen atoms in total. The van der Waals surface area contributed by atoms with Gasteiger partial charge in [-0.1, -0.05) is 0 Å². The first-order valence-electron chi connectivity index (χ1n) is 4.26. The maximum Gasteiger partial charge on any atom is 0.309 e. The minimum Gasteiger partial charge on any atom is -0.394 e. The van der Waals surface area contributed by atoms with E-state index >= 15 is 0 Å². The summed E-state index contributed by atoms with van der Waals surface area (Å²) in [5.74, 6) is 0. The van der Waals surface area contributed by atoms with Crippen molar-refractivity contribution in [2.75, 3.05) is 13.2 Å². The second kappa shape index (κ2) is 9.27. The van der Waals surface area contributed by atoms with Crippen LogP contribution in [0.3, 0.4) is 0 Å². The molecule has 0 fully saturated rings. The molecule has 0 spiro atoms. The quantitative estimate of drug-likeness (QED) is 0.238. The summed E-state index contributed by atoms with van der Waals surface area (Å²) in [4.78, 5) is 9.00. The summed E-state index contributed by atoms with van der Waals surface area (Å²) in [6.07, 6.45) is -6.39. The van der Waals surface area contributed by atoms with Crippen LogP contribution in [0.2, 0.25) is 0 Å². The third-order valence-electron chi connectivity index (χ3n) is 1.51. The first-order valence-corrected chi connectivity index (χ1v) is 4.26. The summed E-state index contributed by atoms with van der Waals surface area (Å²) < 4.78 is 0. The molecule has 0 aromatic carbocycles. The average Bonchev–Trinajstić information content (AvgIpc) is 2.24. The third-order valence-corrected chi connectivity index (χ3v) is 1.51. The van der Waals surface area contributed by atoms with Gasteiger partial charge in [-0.15, -0.1) is 0 Å². The van der Waals surface area contributed by atoms with Crippen LogP contribution in [-0.4, -0.2) is 74.3 Å². The molecule has 4 unspecified atom stereocenters. The van der Waals surface area contributed by atoms with Gasteiger partial charge >= 0.3 is 6.03 Å². The van der Waals surface area contributed by atoms with Crippen molar-refractivity contribution in [3.63, 3.8) is 0 Å². The Labute approximate surface area is 91.5 Å². The number of amides is 2. The van der Waals surface area contributed by atoms with Crippen molar-refractivity contribution in [2.24, 2.45) is 11.5 Å². The monoisotopic (exact) mass is 242 g/mol. The number of nitrogens with two attached hydrogens (primary N) is 2. The van der Waals surface area contributed by atoms with E-state index in [-0.39, 0.29) is 0 Å². The predicted molar refractivity (Wildman–Crippen MR) is 52.0 cm³/mol. The van der Waals surface area contributed by atoms with Crippen LogP contribution >= 0.6 is 0 Å². The van der Waals surface area contributed by atoms with E-state index in [1.54, 1.807) is 0 Å². The number of carbonyl (C=O) groups excluding carboxylic acids is 1. The second-order valence-corrected chi connectivity index (χ2v) is 2.88. The molecule has 0 bridgehead atoms. The van der Waals surface area contributed by atoms with Gasteiger partial charge in [-0.3, -0.25) is 0 Å². The Morgan fingerprint density at radius 3 is 1.19 bits per heavy atom. The van der Waals surface area contributed by atoms with Gasteiger partial charge in [0.2, 0.25) is 0 Å². The Hall–Kier alpha value is -0.970. The Kier molecular flexibility index (Phi) is 10.1. The molecule has 0 saturated heterocycles. The van der Waals surface area contributed by atoms with Gasteiger partial charge in [-0.2, -0.15) is 0 Å². The van der Waals surface area contributed by atoms with Gasteiger partial charge < -0.3 is 42.1 Å². The van der Waals surface area contributed by atoms with E-state index in [0.717, 1.165) is 0 Å². The summed E-state index contributed by atoms with van der Waals surface area (Å²) >= 11 is 0. The van der Waals surface area contributed by atoms with E-state index in [1.165, 1.54) is 0 Å². The van der Waals surface area contributed by atoms with Gasteiger partial charge in [0.25, 0.3) is 0 Å². The Morgan fingerprint density at radius 1 is 0.875 bits per heavy atom. The molecule has 10 N–H and O–H groups in total. The number of hydrogen-bond donors (Lipinski definition) is 8. The summed E-state index contributed by atoms with van der Waals surface area (Å²) in [5.41, 5.74) is 8.50. The molecule has 16 heavy (non-hydrogen) atoms. The number of aliphatic hydroxyl groups excluding tert-OH is 6. The van der Waals surface area contributed by atoms with Crippen LogP contribution in [0.4, 0.5) is 4.79 Å². The standard InChI is InChI=1S/C6H14O6.CH4N2O/c7-1-3(9)5(11)6(12)4(10)2-8;2-1(3)4/h3-12H,1-2H2;(H4,2,3,4). The molecule has 9 heteroatoms. The SMILES string of the molecule is NC(N)=O.OCC(O)C(O)C(O)C(O)CO. The van der Waals surface area contributed by atoms with Gasteiger partial charge in [0, 0.05) is 0 Å². The lowest BCUT2D eigenvalue weighted by Crippen LogP contribution is -2.46. The van der Waals surface area contributed by atoms with Crippen LogP contribution in [0.5, 0.6) is 0 Å². The molecule has 0 rings (SSSR count). The van der Waals surface area contributed by atoms with Crippen LogP contribution < -0.4 is 11.5 Å². The topological polar surface area (TPSA) is 190 Å². The number of urea groups is 1. The molecule has 4 atom stereocenters. The van der Waals surface area contributed by atoms with Crippen LogP contribution in [0.25, 0.3) is 0 Å². The highest BCUT2D eigenvalue weighted by Crippen LogP contribution is 2.03. The normalized spacial score (nSPS) is 17.6. The largest absolute Gasteiger partial charge is 0.394 e. The molecular weight excluding hydrogens is 224 g/mol. The Bertz CT molecular complexity index is 174. The lowest BCUT2D eigenvalue weighted by atomic mass is 10.0. The van der Waals surface area contributed by atoms with E-state index in [1.807, 2.05) is 0 Å². The van der Waals surface area contributed by atoms with Gasteiger partial charge in [-0.05, 0) is 0 Å². The summed E-state index contributed by atoms with van der Waals surface area (Å²) in [6, 6.07) is -0.833. The van der Waals surface area contributed by atoms with Crippen molar-refractivity contribution in [1.82, 2.24) is 0 Å². The van der Waals surface area contributed by atoms with Crippen molar-refractivity contribution in [1.29, 1.82) is 0 Å².